The highest BCUT2D eigenvalue weighted by Crippen LogP contribution is 2.15. The van der Waals surface area contributed by atoms with Crippen molar-refractivity contribution in [3.63, 3.8) is 0 Å². The van der Waals surface area contributed by atoms with Gasteiger partial charge < -0.3 is 10.6 Å². The third kappa shape index (κ3) is 6.07. The first-order valence-corrected chi connectivity index (χ1v) is 8.62. The molecule has 132 valence electrons. The maximum Gasteiger partial charge on any atom is 0.248 e. The molecular weight excluding hydrogens is 312 g/mol. The molecule has 0 saturated heterocycles. The van der Waals surface area contributed by atoms with E-state index in [0.29, 0.717) is 24.4 Å². The van der Waals surface area contributed by atoms with Gasteiger partial charge in [-0.1, -0.05) is 49.4 Å². The van der Waals surface area contributed by atoms with Crippen LogP contribution in [0.5, 0.6) is 0 Å². The summed E-state index contributed by atoms with van der Waals surface area (Å²) in [5.41, 5.74) is 7.98. The van der Waals surface area contributed by atoms with Gasteiger partial charge in [-0.2, -0.15) is 0 Å². The normalized spacial score (nSPS) is 11.8. The van der Waals surface area contributed by atoms with Crippen LogP contribution < -0.4 is 5.73 Å². The Morgan fingerprint density at radius 2 is 1.72 bits per heavy atom. The highest BCUT2D eigenvalue weighted by Gasteiger charge is 2.14. The number of hydrogen-bond donors (Lipinski definition) is 1. The Labute approximate surface area is 149 Å². The van der Waals surface area contributed by atoms with Crippen LogP contribution in [-0.4, -0.2) is 23.8 Å². The largest absolute Gasteiger partial charge is 0.366 e. The number of amides is 2. The third-order valence-electron chi connectivity index (χ3n) is 4.35. The predicted molar refractivity (Wildman–Crippen MR) is 100.0 cm³/mol. The molecule has 0 radical (unpaired) electrons. The van der Waals surface area contributed by atoms with Crippen LogP contribution in [0, 0.1) is 5.92 Å². The summed E-state index contributed by atoms with van der Waals surface area (Å²) in [4.78, 5) is 25.4. The lowest BCUT2D eigenvalue weighted by molar-refractivity contribution is -0.131. The number of hydrogen-bond acceptors (Lipinski definition) is 2. The first-order valence-electron chi connectivity index (χ1n) is 8.62. The number of carbonyl (C=O) groups is 2. The summed E-state index contributed by atoms with van der Waals surface area (Å²) in [5.74, 6) is -0.0116. The molecule has 2 aromatic carbocycles. The highest BCUT2D eigenvalue weighted by atomic mass is 16.2. The molecule has 2 N–H and O–H groups in total. The topological polar surface area (TPSA) is 63.4 Å². The lowest BCUT2D eigenvalue weighted by Gasteiger charge is -2.20. The summed E-state index contributed by atoms with van der Waals surface area (Å²) >= 11 is 0. The Morgan fingerprint density at radius 3 is 2.40 bits per heavy atom. The van der Waals surface area contributed by atoms with Crippen LogP contribution in [-0.2, 0) is 17.8 Å². The van der Waals surface area contributed by atoms with Gasteiger partial charge in [-0.15, -0.1) is 0 Å². The molecule has 0 aliphatic rings. The fourth-order valence-electron chi connectivity index (χ4n) is 2.80. The van der Waals surface area contributed by atoms with Gasteiger partial charge in [0.15, 0.2) is 0 Å². The van der Waals surface area contributed by atoms with E-state index in [0.717, 1.165) is 18.4 Å². The van der Waals surface area contributed by atoms with Gasteiger partial charge in [-0.25, -0.2) is 0 Å². The second kappa shape index (κ2) is 9.02. The van der Waals surface area contributed by atoms with Gasteiger partial charge >= 0.3 is 0 Å². The number of nitrogens with zero attached hydrogens (tertiary/aromatic N) is 1. The molecule has 1 atom stereocenters. The van der Waals surface area contributed by atoms with Gasteiger partial charge in [0, 0.05) is 25.6 Å². The van der Waals surface area contributed by atoms with Crippen molar-refractivity contribution in [1.29, 1.82) is 0 Å². The van der Waals surface area contributed by atoms with Gasteiger partial charge in [0.25, 0.3) is 0 Å². The van der Waals surface area contributed by atoms with Crippen LogP contribution in [0.2, 0.25) is 0 Å². The van der Waals surface area contributed by atoms with E-state index in [9.17, 15) is 9.59 Å². The minimum Gasteiger partial charge on any atom is -0.366 e. The van der Waals surface area contributed by atoms with Gasteiger partial charge in [0.05, 0.1) is 0 Å². The number of aryl methyl sites for hydroxylation is 1. The van der Waals surface area contributed by atoms with Gasteiger partial charge in [-0.05, 0) is 42.0 Å². The lowest BCUT2D eigenvalue weighted by Crippen LogP contribution is -2.27. The highest BCUT2D eigenvalue weighted by molar-refractivity contribution is 5.92. The lowest BCUT2D eigenvalue weighted by atomic mass is 9.97. The summed E-state index contributed by atoms with van der Waals surface area (Å²) < 4.78 is 0. The molecule has 2 amide bonds. The zero-order valence-corrected chi connectivity index (χ0v) is 14.9. The van der Waals surface area contributed by atoms with Crippen LogP contribution in [0.3, 0.4) is 0 Å². The first kappa shape index (κ1) is 18.7. The van der Waals surface area contributed by atoms with Crippen LogP contribution in [0.1, 0.15) is 41.3 Å². The standard InChI is InChI=1S/C21H26N2O2/c1-16(11-12-17-7-4-3-5-8-17)13-20(24)23(2)15-18-9-6-10-19(14-18)21(22)25/h3-10,14,16H,11-13,15H2,1-2H3,(H2,22,25)/t16-/m1/s1. The van der Waals surface area contributed by atoms with E-state index < -0.39 is 5.91 Å². The van der Waals surface area contributed by atoms with Crippen molar-refractivity contribution in [2.75, 3.05) is 7.05 Å². The summed E-state index contributed by atoms with van der Waals surface area (Å²) in [6.45, 7) is 2.59. The van der Waals surface area contributed by atoms with Gasteiger partial charge in [0.2, 0.25) is 11.8 Å². The van der Waals surface area contributed by atoms with Crippen molar-refractivity contribution in [2.45, 2.75) is 32.7 Å². The van der Waals surface area contributed by atoms with E-state index in [1.54, 1.807) is 30.1 Å². The molecule has 4 nitrogen and oxygen atoms in total. The molecule has 0 bridgehead atoms. The van der Waals surface area contributed by atoms with Gasteiger partial charge in [-0.3, -0.25) is 9.59 Å². The summed E-state index contributed by atoms with van der Waals surface area (Å²) in [7, 11) is 1.79. The van der Waals surface area contributed by atoms with Crippen molar-refractivity contribution in [3.05, 3.63) is 71.3 Å². The average Bonchev–Trinajstić information content (AvgIpc) is 2.61. The van der Waals surface area contributed by atoms with Crippen molar-refractivity contribution < 1.29 is 9.59 Å². The maximum atomic E-state index is 12.4. The SMILES string of the molecule is C[C@H](CCc1ccccc1)CC(=O)N(C)Cc1cccc(C(N)=O)c1. The van der Waals surface area contributed by atoms with E-state index >= 15 is 0 Å². The van der Waals surface area contributed by atoms with Crippen molar-refractivity contribution in [3.8, 4) is 0 Å². The minimum atomic E-state index is -0.453. The van der Waals surface area contributed by atoms with Crippen LogP contribution in [0.25, 0.3) is 0 Å². The zero-order chi connectivity index (χ0) is 18.2. The molecule has 2 aromatic rings. The van der Waals surface area contributed by atoms with E-state index in [1.165, 1.54) is 5.56 Å². The van der Waals surface area contributed by atoms with E-state index in [1.807, 2.05) is 24.3 Å². The Hall–Kier alpha value is -2.62. The molecule has 0 saturated carbocycles. The molecule has 2 rings (SSSR count). The molecule has 25 heavy (non-hydrogen) atoms. The van der Waals surface area contributed by atoms with E-state index in [2.05, 4.69) is 19.1 Å². The molecule has 0 aromatic heterocycles. The quantitative estimate of drug-likeness (QED) is 0.802. The number of rotatable bonds is 8. The minimum absolute atomic E-state index is 0.116. The van der Waals surface area contributed by atoms with Gasteiger partial charge in [0.1, 0.15) is 0 Å². The molecule has 0 heterocycles. The Balaban J connectivity index is 1.83. The van der Waals surface area contributed by atoms with Crippen molar-refractivity contribution >= 4 is 11.8 Å². The van der Waals surface area contributed by atoms with E-state index in [-0.39, 0.29) is 5.91 Å². The smallest absolute Gasteiger partial charge is 0.248 e. The number of carbonyl (C=O) groups excluding carboxylic acids is 2. The molecular formula is C21H26N2O2. The van der Waals surface area contributed by atoms with Crippen LogP contribution in [0.4, 0.5) is 0 Å². The van der Waals surface area contributed by atoms with Crippen LogP contribution in [0.15, 0.2) is 54.6 Å². The summed E-state index contributed by atoms with van der Waals surface area (Å²) in [6, 6.07) is 17.4. The van der Waals surface area contributed by atoms with Crippen LogP contribution >= 0.6 is 0 Å². The molecule has 0 unspecified atom stereocenters. The summed E-state index contributed by atoms with van der Waals surface area (Å²) in [6.07, 6.45) is 2.50. The molecule has 0 aliphatic heterocycles. The molecule has 0 aliphatic carbocycles. The monoisotopic (exact) mass is 338 g/mol. The second-order valence-corrected chi connectivity index (χ2v) is 6.65. The number of benzene rings is 2. The Kier molecular flexibility index (Phi) is 6.75. The molecule has 0 spiro atoms. The predicted octanol–water partition coefficient (Wildman–Crippen LogP) is 3.40. The second-order valence-electron chi connectivity index (χ2n) is 6.65. The molecule has 4 heteroatoms. The average molecular weight is 338 g/mol. The third-order valence-corrected chi connectivity index (χ3v) is 4.35. The number of primary amides is 1. The summed E-state index contributed by atoms with van der Waals surface area (Å²) in [5, 5.41) is 0. The number of nitrogens with two attached hydrogens (primary N) is 1. The Bertz CT molecular complexity index is 713. The van der Waals surface area contributed by atoms with Crippen molar-refractivity contribution in [2.24, 2.45) is 11.7 Å². The first-order chi connectivity index (χ1) is 12.0. The fourth-order valence-corrected chi connectivity index (χ4v) is 2.80. The molecule has 0 fully saturated rings. The van der Waals surface area contributed by atoms with Crippen molar-refractivity contribution in [1.82, 2.24) is 4.90 Å². The van der Waals surface area contributed by atoms with E-state index in [4.69, 9.17) is 5.73 Å². The zero-order valence-electron chi connectivity index (χ0n) is 14.9. The fraction of sp³-hybridized carbons (Fsp3) is 0.333. The maximum absolute atomic E-state index is 12.4. The Morgan fingerprint density at radius 1 is 1.04 bits per heavy atom.